The van der Waals surface area contributed by atoms with Crippen molar-refractivity contribution in [2.75, 3.05) is 24.5 Å². The number of nitrogens with one attached hydrogen (secondary N) is 1. The Kier molecular flexibility index (Phi) is 3.19. The van der Waals surface area contributed by atoms with Crippen molar-refractivity contribution >= 4 is 11.7 Å². The minimum Gasteiger partial charge on any atom is -0.351 e. The first kappa shape index (κ1) is 12.5. The van der Waals surface area contributed by atoms with Gasteiger partial charge in [0.2, 0.25) is 0 Å². The summed E-state index contributed by atoms with van der Waals surface area (Å²) in [6.45, 7) is 2.86. The van der Waals surface area contributed by atoms with Gasteiger partial charge in [-0.2, -0.15) is 0 Å². The zero-order valence-electron chi connectivity index (χ0n) is 11.2. The number of carbonyl (C=O) groups is 1. The molecule has 0 atom stereocenters. The largest absolute Gasteiger partial charge is 0.351 e. The maximum absolute atomic E-state index is 11.7. The van der Waals surface area contributed by atoms with Crippen molar-refractivity contribution in [1.82, 2.24) is 5.32 Å². The zero-order chi connectivity index (χ0) is 13.3. The maximum Gasteiger partial charge on any atom is 0.319 e. The fraction of sp³-hybridized carbons (Fsp3) is 0.533. The molecule has 4 nitrogen and oxygen atoms in total. The Balaban J connectivity index is 2.09. The molecule has 2 aliphatic heterocycles. The highest BCUT2D eigenvalue weighted by atomic mass is 16.2. The SMILES string of the molecule is NC(=O)N1CCCC2(CCNCC2)c2ccccc21. The number of nitrogens with zero attached hydrogens (tertiary/aromatic N) is 1. The zero-order valence-corrected chi connectivity index (χ0v) is 11.2. The van der Waals surface area contributed by atoms with Gasteiger partial charge < -0.3 is 11.1 Å². The van der Waals surface area contributed by atoms with Crippen molar-refractivity contribution in [1.29, 1.82) is 0 Å². The average molecular weight is 259 g/mol. The lowest BCUT2D eigenvalue weighted by atomic mass is 9.70. The van der Waals surface area contributed by atoms with Crippen LogP contribution >= 0.6 is 0 Å². The van der Waals surface area contributed by atoms with Crippen molar-refractivity contribution in [2.45, 2.75) is 31.1 Å². The fourth-order valence-corrected chi connectivity index (χ4v) is 3.64. The van der Waals surface area contributed by atoms with Crippen molar-refractivity contribution in [3.05, 3.63) is 29.8 Å². The number of anilines is 1. The number of piperidine rings is 1. The van der Waals surface area contributed by atoms with E-state index >= 15 is 0 Å². The molecule has 4 heteroatoms. The molecule has 1 spiro atoms. The van der Waals surface area contributed by atoms with Crippen LogP contribution in [0.5, 0.6) is 0 Å². The lowest BCUT2D eigenvalue weighted by Gasteiger charge is -2.38. The van der Waals surface area contributed by atoms with Gasteiger partial charge in [-0.1, -0.05) is 18.2 Å². The molecule has 3 rings (SSSR count). The summed E-state index contributed by atoms with van der Waals surface area (Å²) in [7, 11) is 0. The first-order valence-corrected chi connectivity index (χ1v) is 7.10. The number of hydrogen-bond acceptors (Lipinski definition) is 2. The quantitative estimate of drug-likeness (QED) is 0.748. The number of primary amides is 1. The lowest BCUT2D eigenvalue weighted by Crippen LogP contribution is -2.40. The van der Waals surface area contributed by atoms with E-state index in [0.29, 0.717) is 0 Å². The Morgan fingerprint density at radius 1 is 1.21 bits per heavy atom. The van der Waals surface area contributed by atoms with E-state index < -0.39 is 0 Å². The van der Waals surface area contributed by atoms with E-state index in [9.17, 15) is 4.79 Å². The van der Waals surface area contributed by atoms with Crippen molar-refractivity contribution in [3.8, 4) is 0 Å². The summed E-state index contributed by atoms with van der Waals surface area (Å²) in [6.07, 6.45) is 4.47. The average Bonchev–Trinajstić information content (AvgIpc) is 2.58. The number of fused-ring (bicyclic) bond motifs is 2. The summed E-state index contributed by atoms with van der Waals surface area (Å²) in [5.41, 5.74) is 8.11. The minimum absolute atomic E-state index is 0.228. The van der Waals surface area contributed by atoms with Crippen LogP contribution in [0.15, 0.2) is 24.3 Å². The second kappa shape index (κ2) is 4.85. The number of amides is 2. The molecular weight excluding hydrogens is 238 g/mol. The molecule has 1 saturated heterocycles. The van der Waals surface area contributed by atoms with Crippen LogP contribution in [0.2, 0.25) is 0 Å². The number of rotatable bonds is 0. The van der Waals surface area contributed by atoms with Crippen LogP contribution in [-0.4, -0.2) is 25.7 Å². The molecular formula is C15H21N3O. The molecule has 1 fully saturated rings. The number of benzene rings is 1. The standard InChI is InChI=1S/C15H21N3O/c16-14(19)18-11-3-6-15(7-9-17-10-8-15)12-4-1-2-5-13(12)18/h1-2,4-5,17H,3,6-11H2,(H2,16,19). The number of hydrogen-bond donors (Lipinski definition) is 2. The number of carbonyl (C=O) groups excluding carboxylic acids is 1. The Morgan fingerprint density at radius 2 is 1.95 bits per heavy atom. The van der Waals surface area contributed by atoms with Crippen molar-refractivity contribution in [2.24, 2.45) is 5.73 Å². The molecule has 0 saturated carbocycles. The predicted molar refractivity (Wildman–Crippen MR) is 76.4 cm³/mol. The van der Waals surface area contributed by atoms with E-state index in [1.807, 2.05) is 12.1 Å². The predicted octanol–water partition coefficient (Wildman–Crippen LogP) is 1.99. The van der Waals surface area contributed by atoms with E-state index in [1.54, 1.807) is 4.90 Å². The third-order valence-electron chi connectivity index (χ3n) is 4.63. The van der Waals surface area contributed by atoms with Gasteiger partial charge in [0.1, 0.15) is 0 Å². The van der Waals surface area contributed by atoms with E-state index in [1.165, 1.54) is 5.56 Å². The Bertz CT molecular complexity index is 480. The van der Waals surface area contributed by atoms with E-state index in [2.05, 4.69) is 17.4 Å². The third kappa shape index (κ3) is 2.10. The molecule has 0 unspecified atom stereocenters. The van der Waals surface area contributed by atoms with Gasteiger partial charge in [0, 0.05) is 12.2 Å². The van der Waals surface area contributed by atoms with Crippen molar-refractivity contribution in [3.63, 3.8) is 0 Å². The molecule has 2 heterocycles. The first-order chi connectivity index (χ1) is 9.23. The Labute approximate surface area is 114 Å². The maximum atomic E-state index is 11.7. The van der Waals surface area contributed by atoms with E-state index in [-0.39, 0.29) is 11.4 Å². The summed E-state index contributed by atoms with van der Waals surface area (Å²) >= 11 is 0. The molecule has 0 aromatic heterocycles. The van der Waals surface area contributed by atoms with Gasteiger partial charge in [-0.25, -0.2) is 4.79 Å². The monoisotopic (exact) mass is 259 g/mol. The highest BCUT2D eigenvalue weighted by molar-refractivity contribution is 5.92. The second-order valence-electron chi connectivity index (χ2n) is 5.64. The lowest BCUT2D eigenvalue weighted by molar-refractivity contribution is 0.253. The molecule has 102 valence electrons. The molecule has 19 heavy (non-hydrogen) atoms. The van der Waals surface area contributed by atoms with Gasteiger partial charge in [0.15, 0.2) is 0 Å². The molecule has 3 N–H and O–H groups in total. The highest BCUT2D eigenvalue weighted by Gasteiger charge is 2.38. The fourth-order valence-electron chi connectivity index (χ4n) is 3.64. The van der Waals surface area contributed by atoms with Gasteiger partial charge in [0.25, 0.3) is 0 Å². The van der Waals surface area contributed by atoms with E-state index in [0.717, 1.165) is 51.0 Å². The molecule has 0 bridgehead atoms. The van der Waals surface area contributed by atoms with Crippen LogP contribution in [0.1, 0.15) is 31.2 Å². The van der Waals surface area contributed by atoms with Gasteiger partial charge in [0.05, 0.1) is 0 Å². The molecule has 1 aromatic rings. The normalized spacial score (nSPS) is 21.8. The molecule has 0 radical (unpaired) electrons. The highest BCUT2D eigenvalue weighted by Crippen LogP contribution is 2.44. The third-order valence-corrected chi connectivity index (χ3v) is 4.63. The van der Waals surface area contributed by atoms with Crippen LogP contribution in [0.4, 0.5) is 10.5 Å². The van der Waals surface area contributed by atoms with Crippen LogP contribution < -0.4 is 16.0 Å². The van der Waals surface area contributed by atoms with Gasteiger partial charge in [-0.3, -0.25) is 4.90 Å². The summed E-state index contributed by atoms with van der Waals surface area (Å²) < 4.78 is 0. The Morgan fingerprint density at radius 3 is 2.68 bits per heavy atom. The molecule has 1 aromatic carbocycles. The minimum atomic E-state index is -0.335. The van der Waals surface area contributed by atoms with Crippen LogP contribution in [0, 0.1) is 0 Å². The van der Waals surface area contributed by atoms with Crippen LogP contribution in [0.25, 0.3) is 0 Å². The topological polar surface area (TPSA) is 58.4 Å². The first-order valence-electron chi connectivity index (χ1n) is 7.10. The van der Waals surface area contributed by atoms with Gasteiger partial charge >= 0.3 is 6.03 Å². The van der Waals surface area contributed by atoms with Gasteiger partial charge in [-0.15, -0.1) is 0 Å². The number of nitrogens with two attached hydrogens (primary N) is 1. The smallest absolute Gasteiger partial charge is 0.319 e. The molecule has 2 amide bonds. The van der Waals surface area contributed by atoms with Gasteiger partial charge in [-0.05, 0) is 55.8 Å². The summed E-state index contributed by atoms with van der Waals surface area (Å²) in [5, 5.41) is 3.44. The van der Waals surface area contributed by atoms with Crippen LogP contribution in [-0.2, 0) is 5.41 Å². The molecule has 2 aliphatic rings. The number of urea groups is 1. The summed E-state index contributed by atoms with van der Waals surface area (Å²) in [5.74, 6) is 0. The van der Waals surface area contributed by atoms with E-state index in [4.69, 9.17) is 5.73 Å². The summed E-state index contributed by atoms with van der Waals surface area (Å²) in [6, 6.07) is 7.96. The van der Waals surface area contributed by atoms with Crippen LogP contribution in [0.3, 0.4) is 0 Å². The second-order valence-corrected chi connectivity index (χ2v) is 5.64. The Hall–Kier alpha value is -1.55. The van der Waals surface area contributed by atoms with Crippen molar-refractivity contribution < 1.29 is 4.79 Å². The number of para-hydroxylation sites is 1. The summed E-state index contributed by atoms with van der Waals surface area (Å²) in [4.78, 5) is 13.4. The molecule has 0 aliphatic carbocycles.